The zero-order chi connectivity index (χ0) is 14.9. The second-order valence-electron chi connectivity index (χ2n) is 4.76. The molecular formula is C14H17NO4S. The van der Waals surface area contributed by atoms with E-state index in [1.54, 1.807) is 24.3 Å². The molecule has 0 amide bonds. The van der Waals surface area contributed by atoms with Crippen molar-refractivity contribution in [1.29, 1.82) is 0 Å². The lowest BCUT2D eigenvalue weighted by molar-refractivity contribution is -0.143. The van der Waals surface area contributed by atoms with Crippen molar-refractivity contribution in [3.63, 3.8) is 0 Å². The van der Waals surface area contributed by atoms with Gasteiger partial charge in [-0.05, 0) is 31.1 Å². The standard InChI is InChI=1S/C14H17NO4S/c1-10-4-6-12(7-5-10)20(17,18)15-9-8-11(2)13(15)14(16)19-3/h4-7,13H,2,8-9H2,1,3H3. The number of carbonyl (C=O) groups excluding carboxylic acids is 1. The highest BCUT2D eigenvalue weighted by Gasteiger charge is 2.42. The maximum absolute atomic E-state index is 12.6. The second kappa shape index (κ2) is 5.38. The van der Waals surface area contributed by atoms with Crippen LogP contribution >= 0.6 is 0 Å². The summed E-state index contributed by atoms with van der Waals surface area (Å²) in [6.07, 6.45) is 0.463. The van der Waals surface area contributed by atoms with Gasteiger partial charge in [-0.15, -0.1) is 0 Å². The van der Waals surface area contributed by atoms with E-state index in [9.17, 15) is 13.2 Å². The third-order valence-corrected chi connectivity index (χ3v) is 5.26. The van der Waals surface area contributed by atoms with E-state index < -0.39 is 22.0 Å². The first-order chi connectivity index (χ1) is 9.37. The number of hydrogen-bond acceptors (Lipinski definition) is 4. The van der Waals surface area contributed by atoms with Gasteiger partial charge in [0.1, 0.15) is 6.04 Å². The highest BCUT2D eigenvalue weighted by Crippen LogP contribution is 2.29. The number of sulfonamides is 1. The van der Waals surface area contributed by atoms with Crippen molar-refractivity contribution >= 4 is 16.0 Å². The molecule has 1 aliphatic heterocycles. The first kappa shape index (κ1) is 14.7. The highest BCUT2D eigenvalue weighted by molar-refractivity contribution is 7.89. The minimum Gasteiger partial charge on any atom is -0.468 e. The van der Waals surface area contributed by atoms with Crippen molar-refractivity contribution in [3.05, 3.63) is 42.0 Å². The largest absolute Gasteiger partial charge is 0.468 e. The fraction of sp³-hybridized carbons (Fsp3) is 0.357. The Bertz CT molecular complexity index is 634. The van der Waals surface area contributed by atoms with Gasteiger partial charge in [-0.1, -0.05) is 24.3 Å². The number of esters is 1. The smallest absolute Gasteiger partial charge is 0.328 e. The van der Waals surface area contributed by atoms with Crippen molar-refractivity contribution in [1.82, 2.24) is 4.31 Å². The van der Waals surface area contributed by atoms with Gasteiger partial charge in [-0.2, -0.15) is 4.31 Å². The number of ether oxygens (including phenoxy) is 1. The molecule has 0 spiro atoms. The van der Waals surface area contributed by atoms with Gasteiger partial charge in [0.2, 0.25) is 10.0 Å². The third kappa shape index (κ3) is 2.48. The molecule has 1 aliphatic rings. The van der Waals surface area contributed by atoms with Crippen LogP contribution in [0.4, 0.5) is 0 Å². The first-order valence-electron chi connectivity index (χ1n) is 6.22. The molecule has 2 rings (SSSR count). The zero-order valence-electron chi connectivity index (χ0n) is 11.5. The van der Waals surface area contributed by atoms with Crippen molar-refractivity contribution in [2.24, 2.45) is 0 Å². The molecule has 1 aromatic rings. The van der Waals surface area contributed by atoms with Crippen molar-refractivity contribution in [2.45, 2.75) is 24.3 Å². The molecule has 1 unspecified atom stereocenters. The molecule has 1 fully saturated rings. The van der Waals surface area contributed by atoms with E-state index in [2.05, 4.69) is 11.3 Å². The molecule has 0 aromatic heterocycles. The normalized spacial score (nSPS) is 20.1. The van der Waals surface area contributed by atoms with Crippen molar-refractivity contribution in [3.8, 4) is 0 Å². The van der Waals surface area contributed by atoms with E-state index in [4.69, 9.17) is 0 Å². The van der Waals surface area contributed by atoms with Crippen LogP contribution in [-0.2, 0) is 19.6 Å². The number of nitrogens with zero attached hydrogens (tertiary/aromatic N) is 1. The van der Waals surface area contributed by atoms with Crippen LogP contribution in [0.5, 0.6) is 0 Å². The summed E-state index contributed by atoms with van der Waals surface area (Å²) in [6, 6.07) is 5.61. The van der Waals surface area contributed by atoms with Crippen LogP contribution in [-0.4, -0.2) is 38.4 Å². The first-order valence-corrected chi connectivity index (χ1v) is 7.66. The predicted octanol–water partition coefficient (Wildman–Crippen LogP) is 1.49. The number of carbonyl (C=O) groups is 1. The fourth-order valence-corrected chi connectivity index (χ4v) is 3.82. The van der Waals surface area contributed by atoms with Gasteiger partial charge in [0.25, 0.3) is 0 Å². The van der Waals surface area contributed by atoms with Crippen LogP contribution < -0.4 is 0 Å². The number of benzene rings is 1. The SMILES string of the molecule is C=C1CCN(S(=O)(=O)c2ccc(C)cc2)C1C(=O)OC. The van der Waals surface area contributed by atoms with Gasteiger partial charge < -0.3 is 4.74 Å². The zero-order valence-corrected chi connectivity index (χ0v) is 12.3. The van der Waals surface area contributed by atoms with E-state index in [1.165, 1.54) is 7.11 Å². The summed E-state index contributed by atoms with van der Waals surface area (Å²) in [5.74, 6) is -0.594. The van der Waals surface area contributed by atoms with Crippen LogP contribution in [0.3, 0.4) is 0 Å². The van der Waals surface area contributed by atoms with Crippen LogP contribution in [0, 0.1) is 6.92 Å². The van der Waals surface area contributed by atoms with Gasteiger partial charge in [-0.25, -0.2) is 13.2 Å². The summed E-state index contributed by atoms with van der Waals surface area (Å²) in [6.45, 7) is 5.89. The Labute approximate surface area is 118 Å². The maximum Gasteiger partial charge on any atom is 0.328 e. The van der Waals surface area contributed by atoms with Gasteiger partial charge in [0.05, 0.1) is 12.0 Å². The summed E-state index contributed by atoms with van der Waals surface area (Å²) in [7, 11) is -2.48. The molecule has 0 N–H and O–H groups in total. The summed E-state index contributed by atoms with van der Waals surface area (Å²) in [4.78, 5) is 12.0. The Morgan fingerprint density at radius 3 is 2.50 bits per heavy atom. The average Bonchev–Trinajstić information content (AvgIpc) is 2.81. The van der Waals surface area contributed by atoms with E-state index in [1.807, 2.05) is 6.92 Å². The molecule has 1 heterocycles. The molecule has 0 bridgehead atoms. The lowest BCUT2D eigenvalue weighted by Gasteiger charge is -2.22. The lowest BCUT2D eigenvalue weighted by atomic mass is 10.1. The van der Waals surface area contributed by atoms with Crippen LogP contribution in [0.25, 0.3) is 0 Å². The Hall–Kier alpha value is -1.66. The Balaban J connectivity index is 2.40. The molecule has 0 aliphatic carbocycles. The molecule has 1 saturated heterocycles. The van der Waals surface area contributed by atoms with Crippen LogP contribution in [0.2, 0.25) is 0 Å². The minimum absolute atomic E-state index is 0.173. The van der Waals surface area contributed by atoms with Crippen molar-refractivity contribution in [2.75, 3.05) is 13.7 Å². The molecule has 20 heavy (non-hydrogen) atoms. The van der Waals surface area contributed by atoms with Gasteiger partial charge in [0, 0.05) is 6.54 Å². The van der Waals surface area contributed by atoms with Crippen molar-refractivity contribution < 1.29 is 17.9 Å². The molecule has 0 saturated carbocycles. The average molecular weight is 295 g/mol. The van der Waals surface area contributed by atoms with Gasteiger partial charge in [-0.3, -0.25) is 0 Å². The van der Waals surface area contributed by atoms with E-state index in [-0.39, 0.29) is 11.4 Å². The quantitative estimate of drug-likeness (QED) is 0.626. The van der Waals surface area contributed by atoms with Crippen LogP contribution in [0.15, 0.2) is 41.3 Å². The minimum atomic E-state index is -3.72. The van der Waals surface area contributed by atoms with E-state index in [0.717, 1.165) is 9.87 Å². The van der Waals surface area contributed by atoms with E-state index in [0.29, 0.717) is 12.0 Å². The summed E-state index contributed by atoms with van der Waals surface area (Å²) in [5.41, 5.74) is 1.53. The monoisotopic (exact) mass is 295 g/mol. The maximum atomic E-state index is 12.6. The van der Waals surface area contributed by atoms with Gasteiger partial charge in [0.15, 0.2) is 0 Å². The Morgan fingerprint density at radius 2 is 1.95 bits per heavy atom. The summed E-state index contributed by atoms with van der Waals surface area (Å²) >= 11 is 0. The van der Waals surface area contributed by atoms with Gasteiger partial charge >= 0.3 is 5.97 Å². The lowest BCUT2D eigenvalue weighted by Crippen LogP contribution is -2.41. The summed E-state index contributed by atoms with van der Waals surface area (Å²) in [5, 5.41) is 0. The molecule has 108 valence electrons. The molecule has 0 radical (unpaired) electrons. The molecule has 5 nitrogen and oxygen atoms in total. The number of aryl methyl sites for hydroxylation is 1. The molecule has 1 aromatic carbocycles. The van der Waals surface area contributed by atoms with E-state index >= 15 is 0 Å². The number of hydrogen-bond donors (Lipinski definition) is 0. The summed E-state index contributed by atoms with van der Waals surface area (Å²) < 4.78 is 31.0. The predicted molar refractivity (Wildman–Crippen MR) is 74.6 cm³/mol. The fourth-order valence-electron chi connectivity index (χ4n) is 2.22. The topological polar surface area (TPSA) is 63.7 Å². The Morgan fingerprint density at radius 1 is 1.35 bits per heavy atom. The number of rotatable bonds is 3. The second-order valence-corrected chi connectivity index (χ2v) is 6.65. The number of methoxy groups -OCH3 is 1. The molecule has 1 atom stereocenters. The molecule has 6 heteroatoms. The highest BCUT2D eigenvalue weighted by atomic mass is 32.2. The van der Waals surface area contributed by atoms with Crippen LogP contribution in [0.1, 0.15) is 12.0 Å². The Kier molecular flexibility index (Phi) is 3.96. The third-order valence-electron chi connectivity index (χ3n) is 3.38. The molecular weight excluding hydrogens is 278 g/mol.